The molecule has 12 heteroatoms. The number of nitrogens with one attached hydrogen (secondary N) is 1. The third kappa shape index (κ3) is 5.68. The first kappa shape index (κ1) is 23.2. The number of nitriles is 1. The average molecular weight is 470 g/mol. The first-order chi connectivity index (χ1) is 16.2. The second-order valence-corrected chi connectivity index (χ2v) is 8.63. The van der Waals surface area contributed by atoms with Crippen molar-refractivity contribution in [2.45, 2.75) is 31.6 Å². The minimum Gasteiger partial charge on any atom is -0.387 e. The van der Waals surface area contributed by atoms with E-state index >= 15 is 0 Å². The van der Waals surface area contributed by atoms with Gasteiger partial charge in [-0.25, -0.2) is 15.0 Å². The van der Waals surface area contributed by atoms with Crippen LogP contribution in [0.2, 0.25) is 0 Å². The van der Waals surface area contributed by atoms with Crippen LogP contribution in [0.25, 0.3) is 11.2 Å². The molecule has 1 aliphatic rings. The average Bonchev–Trinajstić information content (AvgIpc) is 3.49. The van der Waals surface area contributed by atoms with Crippen LogP contribution in [-0.4, -0.2) is 56.2 Å². The zero-order chi connectivity index (χ0) is 23.0. The number of nitrogens with zero attached hydrogens (tertiary/aromatic N) is 5. The van der Waals surface area contributed by atoms with Crippen LogP contribution in [0.4, 0.5) is 5.82 Å². The highest BCUT2D eigenvalue weighted by atomic mass is 31.2. The predicted molar refractivity (Wildman–Crippen MR) is 119 cm³/mol. The number of carbonyl (C=O) groups excluding carboxylic acids is 1. The highest BCUT2D eigenvalue weighted by Gasteiger charge is 2.29. The Balaban J connectivity index is 1.39. The van der Waals surface area contributed by atoms with Gasteiger partial charge in [0.25, 0.3) is 5.91 Å². The number of aromatic nitrogens is 4. The molecule has 3 unspecified atom stereocenters. The summed E-state index contributed by atoms with van der Waals surface area (Å²) in [6, 6.07) is 10.8. The van der Waals surface area contributed by atoms with E-state index in [1.165, 1.54) is 6.33 Å². The summed E-state index contributed by atoms with van der Waals surface area (Å²) in [5.74, 6) is 0.0467. The molecule has 0 radical (unpaired) electrons. The van der Waals surface area contributed by atoms with E-state index in [1.54, 1.807) is 30.6 Å². The Morgan fingerprint density at radius 2 is 2.12 bits per heavy atom. The number of fused-ring (bicyclic) bond motifs is 1. The monoisotopic (exact) mass is 470 g/mol. The summed E-state index contributed by atoms with van der Waals surface area (Å²) in [5.41, 5.74) is 1.54. The van der Waals surface area contributed by atoms with Crippen LogP contribution in [-0.2, 0) is 13.8 Å². The van der Waals surface area contributed by atoms with Crippen molar-refractivity contribution in [2.75, 3.05) is 24.9 Å². The molecule has 1 aromatic carbocycles. The first-order valence-electron chi connectivity index (χ1n) is 10.4. The van der Waals surface area contributed by atoms with E-state index in [4.69, 9.17) is 19.0 Å². The second-order valence-electron chi connectivity index (χ2n) is 7.17. The van der Waals surface area contributed by atoms with Crippen LogP contribution < -0.4 is 5.32 Å². The number of ether oxygens (including phenoxy) is 1. The lowest BCUT2D eigenvalue weighted by Crippen LogP contribution is -2.16. The summed E-state index contributed by atoms with van der Waals surface area (Å²) < 4.78 is 18.9. The lowest BCUT2D eigenvalue weighted by atomic mass is 10.2. The Kier molecular flexibility index (Phi) is 7.88. The summed E-state index contributed by atoms with van der Waals surface area (Å²) >= 11 is 0. The molecule has 1 fully saturated rings. The number of imidazole rings is 1. The van der Waals surface area contributed by atoms with E-state index < -0.39 is 8.38 Å². The van der Waals surface area contributed by atoms with E-state index in [-0.39, 0.29) is 44.2 Å². The molecular weight excluding hydrogens is 447 g/mol. The number of hydrogen-bond donors (Lipinski definition) is 2. The highest BCUT2D eigenvalue weighted by molar-refractivity contribution is 7.46. The molecular formula is C21H23N6O5P. The first-order valence-corrected chi connectivity index (χ1v) is 11.8. The second kappa shape index (κ2) is 11.2. The number of rotatable bonds is 10. The van der Waals surface area contributed by atoms with Crippen LogP contribution in [0.5, 0.6) is 0 Å². The van der Waals surface area contributed by atoms with Gasteiger partial charge in [-0.15, -0.1) is 0 Å². The maximum absolute atomic E-state index is 12.5. The smallest absolute Gasteiger partial charge is 0.256 e. The van der Waals surface area contributed by atoms with Crippen LogP contribution in [0.1, 0.15) is 35.8 Å². The Bertz CT molecular complexity index is 1120. The lowest BCUT2D eigenvalue weighted by molar-refractivity contribution is -0.0168. The quantitative estimate of drug-likeness (QED) is 0.337. The van der Waals surface area contributed by atoms with E-state index in [2.05, 4.69) is 20.3 Å². The predicted octanol–water partition coefficient (Wildman–Crippen LogP) is 2.96. The van der Waals surface area contributed by atoms with Crippen molar-refractivity contribution in [3.05, 3.63) is 48.5 Å². The summed E-state index contributed by atoms with van der Waals surface area (Å²) in [4.78, 5) is 25.4. The van der Waals surface area contributed by atoms with E-state index in [0.29, 0.717) is 22.5 Å². The largest absolute Gasteiger partial charge is 0.387 e. The van der Waals surface area contributed by atoms with Gasteiger partial charge in [0.1, 0.15) is 18.9 Å². The van der Waals surface area contributed by atoms with Gasteiger partial charge < -0.3 is 24.2 Å². The Labute approximate surface area is 191 Å². The molecule has 0 bridgehead atoms. The number of benzene rings is 1. The lowest BCUT2D eigenvalue weighted by Gasteiger charge is -2.18. The van der Waals surface area contributed by atoms with Gasteiger partial charge in [0, 0.05) is 5.56 Å². The number of amides is 1. The van der Waals surface area contributed by atoms with Gasteiger partial charge in [-0.3, -0.25) is 9.36 Å². The normalized spacial score (nSPS) is 18.8. The fourth-order valence-corrected chi connectivity index (χ4v) is 4.28. The van der Waals surface area contributed by atoms with Crippen molar-refractivity contribution in [3.63, 3.8) is 0 Å². The van der Waals surface area contributed by atoms with Crippen molar-refractivity contribution in [2.24, 2.45) is 0 Å². The molecule has 0 aliphatic carbocycles. The molecule has 1 aliphatic heterocycles. The number of anilines is 1. The van der Waals surface area contributed by atoms with Crippen molar-refractivity contribution in [1.29, 1.82) is 5.26 Å². The molecule has 2 aromatic heterocycles. The molecule has 1 saturated heterocycles. The Morgan fingerprint density at radius 3 is 2.91 bits per heavy atom. The van der Waals surface area contributed by atoms with Crippen LogP contribution in [0, 0.1) is 11.3 Å². The fourth-order valence-electron chi connectivity index (χ4n) is 3.42. The third-order valence-corrected chi connectivity index (χ3v) is 6.13. The SMILES string of the molecule is N#CCCOP(CO)OCC1CCC(n2cnc3c(NC(=O)c4ccccc4)ncnc32)O1. The maximum Gasteiger partial charge on any atom is 0.256 e. The topological polar surface area (TPSA) is 144 Å². The minimum atomic E-state index is -1.46. The van der Waals surface area contributed by atoms with Gasteiger partial charge in [0.15, 0.2) is 25.4 Å². The van der Waals surface area contributed by atoms with Gasteiger partial charge in [-0.05, 0) is 25.0 Å². The molecule has 33 heavy (non-hydrogen) atoms. The highest BCUT2D eigenvalue weighted by Crippen LogP contribution is 2.39. The molecule has 0 spiro atoms. The van der Waals surface area contributed by atoms with Crippen molar-refractivity contribution >= 4 is 31.3 Å². The molecule has 3 aromatic rings. The standard InChI is InChI=1S/C21H23N6O5P/c22-9-4-10-30-33(14-28)31-11-16-7-8-17(32-16)27-13-25-18-19(23-12-24-20(18)27)26-21(29)15-5-2-1-3-6-15/h1-3,5-6,12-13,16-17,28H,4,7-8,10-11,14H2,(H,23,24,26,29). The Morgan fingerprint density at radius 1 is 1.27 bits per heavy atom. The van der Waals surface area contributed by atoms with E-state index in [0.717, 1.165) is 12.8 Å². The molecule has 3 atom stereocenters. The molecule has 172 valence electrons. The molecule has 1 amide bonds. The number of carbonyl (C=O) groups is 1. The van der Waals surface area contributed by atoms with Gasteiger partial charge >= 0.3 is 0 Å². The summed E-state index contributed by atoms with van der Waals surface area (Å²) in [6.07, 6.45) is 4.01. The third-order valence-electron chi connectivity index (χ3n) is 4.99. The number of aliphatic hydroxyl groups is 1. The van der Waals surface area contributed by atoms with Gasteiger partial charge in [0.05, 0.1) is 38.1 Å². The van der Waals surface area contributed by atoms with E-state index in [9.17, 15) is 9.90 Å². The van der Waals surface area contributed by atoms with Gasteiger partial charge in [0.2, 0.25) is 0 Å². The van der Waals surface area contributed by atoms with Crippen molar-refractivity contribution in [3.8, 4) is 6.07 Å². The van der Waals surface area contributed by atoms with Crippen molar-refractivity contribution < 1.29 is 23.7 Å². The Hall–Kier alpha value is -3.00. The summed E-state index contributed by atoms with van der Waals surface area (Å²) in [5, 5.41) is 20.7. The summed E-state index contributed by atoms with van der Waals surface area (Å²) in [7, 11) is -1.46. The van der Waals surface area contributed by atoms with Crippen LogP contribution in [0.3, 0.4) is 0 Å². The molecule has 11 nitrogen and oxygen atoms in total. The van der Waals surface area contributed by atoms with Crippen LogP contribution in [0.15, 0.2) is 43.0 Å². The van der Waals surface area contributed by atoms with Crippen LogP contribution >= 0.6 is 8.38 Å². The molecule has 3 heterocycles. The molecule has 2 N–H and O–H groups in total. The molecule has 0 saturated carbocycles. The molecule has 4 rings (SSSR count). The number of aliphatic hydroxyl groups excluding tert-OH is 1. The van der Waals surface area contributed by atoms with Gasteiger partial charge in [-0.1, -0.05) is 18.2 Å². The number of hydrogen-bond acceptors (Lipinski definition) is 9. The maximum atomic E-state index is 12.5. The van der Waals surface area contributed by atoms with Crippen molar-refractivity contribution in [1.82, 2.24) is 19.5 Å². The van der Waals surface area contributed by atoms with E-state index in [1.807, 2.05) is 16.7 Å². The zero-order valence-electron chi connectivity index (χ0n) is 17.7. The summed E-state index contributed by atoms with van der Waals surface area (Å²) in [6.45, 7) is 0.496. The zero-order valence-corrected chi connectivity index (χ0v) is 18.6. The fraction of sp³-hybridized carbons (Fsp3) is 0.381. The van der Waals surface area contributed by atoms with Gasteiger partial charge in [-0.2, -0.15) is 5.26 Å². The minimum absolute atomic E-state index is 0.178.